The van der Waals surface area contributed by atoms with E-state index in [0.29, 0.717) is 12.0 Å². The van der Waals surface area contributed by atoms with Gasteiger partial charge in [-0.2, -0.15) is 0 Å². The summed E-state index contributed by atoms with van der Waals surface area (Å²) in [5.74, 6) is 0.601. The minimum Gasteiger partial charge on any atom is -0.300 e. The second-order valence-electron chi connectivity index (χ2n) is 4.56. The summed E-state index contributed by atoms with van der Waals surface area (Å²) in [5.41, 5.74) is 1.20. The molecule has 1 aromatic heterocycles. The van der Waals surface area contributed by atoms with Gasteiger partial charge in [0.1, 0.15) is 6.33 Å². The molecular formula is C12H19N3. The third-order valence-corrected chi connectivity index (χ3v) is 3.21. The topological polar surface area (TPSA) is 29.0 Å². The number of nitrogens with zero attached hydrogens (tertiary/aromatic N) is 3. The first kappa shape index (κ1) is 10.6. The van der Waals surface area contributed by atoms with Crippen molar-refractivity contribution < 1.29 is 0 Å². The zero-order valence-electron chi connectivity index (χ0n) is 9.56. The van der Waals surface area contributed by atoms with Crippen molar-refractivity contribution in [1.82, 2.24) is 14.9 Å². The van der Waals surface area contributed by atoms with Crippen molar-refractivity contribution in [2.45, 2.75) is 38.6 Å². The van der Waals surface area contributed by atoms with E-state index >= 15 is 0 Å². The third-order valence-electron chi connectivity index (χ3n) is 3.21. The van der Waals surface area contributed by atoms with Crippen LogP contribution in [0.5, 0.6) is 0 Å². The van der Waals surface area contributed by atoms with Gasteiger partial charge in [-0.05, 0) is 39.3 Å². The summed E-state index contributed by atoms with van der Waals surface area (Å²) in [6.45, 7) is 6.92. The van der Waals surface area contributed by atoms with Crippen LogP contribution in [-0.2, 0) is 0 Å². The van der Waals surface area contributed by atoms with E-state index in [1.807, 2.05) is 6.20 Å². The second-order valence-corrected chi connectivity index (χ2v) is 4.56. The molecule has 82 valence electrons. The average molecular weight is 205 g/mol. The van der Waals surface area contributed by atoms with Gasteiger partial charge in [-0.1, -0.05) is 0 Å². The third kappa shape index (κ3) is 2.53. The number of likely N-dealkylation sites (tertiary alicyclic amines) is 1. The Hall–Kier alpha value is -0.960. The molecular weight excluding hydrogens is 186 g/mol. The van der Waals surface area contributed by atoms with E-state index in [2.05, 4.69) is 34.8 Å². The predicted octanol–water partition coefficient (Wildman–Crippen LogP) is 2.06. The number of piperidine rings is 1. The standard InChI is InChI=1S/C12H19N3/c1-10(2)15-7-3-4-11(8-15)12-5-6-13-9-14-12/h5-6,9-11H,3-4,7-8H2,1-2H3. The van der Waals surface area contributed by atoms with Gasteiger partial charge in [-0.25, -0.2) is 9.97 Å². The molecule has 15 heavy (non-hydrogen) atoms. The van der Waals surface area contributed by atoms with Gasteiger partial charge in [0.05, 0.1) is 0 Å². The van der Waals surface area contributed by atoms with E-state index in [1.165, 1.54) is 25.1 Å². The van der Waals surface area contributed by atoms with Crippen molar-refractivity contribution in [1.29, 1.82) is 0 Å². The molecule has 0 aliphatic carbocycles. The first-order valence-corrected chi connectivity index (χ1v) is 5.77. The number of hydrogen-bond donors (Lipinski definition) is 0. The Balaban J connectivity index is 2.05. The Labute approximate surface area is 91.5 Å². The maximum absolute atomic E-state index is 4.36. The average Bonchev–Trinajstić information content (AvgIpc) is 2.30. The molecule has 1 aromatic rings. The van der Waals surface area contributed by atoms with Crippen molar-refractivity contribution in [3.8, 4) is 0 Å². The number of rotatable bonds is 2. The summed E-state index contributed by atoms with van der Waals surface area (Å²) >= 11 is 0. The van der Waals surface area contributed by atoms with Gasteiger partial charge < -0.3 is 4.90 Å². The van der Waals surface area contributed by atoms with Crippen LogP contribution in [0.3, 0.4) is 0 Å². The molecule has 1 saturated heterocycles. The van der Waals surface area contributed by atoms with Crippen LogP contribution < -0.4 is 0 Å². The first-order chi connectivity index (χ1) is 7.27. The molecule has 0 spiro atoms. The molecule has 2 rings (SSSR count). The Morgan fingerprint density at radius 2 is 2.33 bits per heavy atom. The van der Waals surface area contributed by atoms with Gasteiger partial charge in [0, 0.05) is 30.4 Å². The number of hydrogen-bond acceptors (Lipinski definition) is 3. The van der Waals surface area contributed by atoms with Gasteiger partial charge in [-0.3, -0.25) is 0 Å². The van der Waals surface area contributed by atoms with Gasteiger partial charge in [-0.15, -0.1) is 0 Å². The van der Waals surface area contributed by atoms with Crippen LogP contribution >= 0.6 is 0 Å². The minimum absolute atomic E-state index is 0.601. The largest absolute Gasteiger partial charge is 0.300 e. The fourth-order valence-corrected chi connectivity index (χ4v) is 2.26. The number of aromatic nitrogens is 2. The molecule has 3 nitrogen and oxygen atoms in total. The first-order valence-electron chi connectivity index (χ1n) is 5.77. The van der Waals surface area contributed by atoms with Crippen molar-refractivity contribution in [3.63, 3.8) is 0 Å². The van der Waals surface area contributed by atoms with Crippen LogP contribution in [0.25, 0.3) is 0 Å². The Kier molecular flexibility index (Phi) is 3.31. The molecule has 1 atom stereocenters. The van der Waals surface area contributed by atoms with Crippen LogP contribution in [0.2, 0.25) is 0 Å². The summed E-state index contributed by atoms with van der Waals surface area (Å²) in [5, 5.41) is 0. The molecule has 0 bridgehead atoms. The minimum atomic E-state index is 0.601. The van der Waals surface area contributed by atoms with Crippen LogP contribution in [-0.4, -0.2) is 34.0 Å². The summed E-state index contributed by atoms with van der Waals surface area (Å²) in [7, 11) is 0. The highest BCUT2D eigenvalue weighted by Gasteiger charge is 2.23. The van der Waals surface area contributed by atoms with Crippen LogP contribution in [0.4, 0.5) is 0 Å². The smallest absolute Gasteiger partial charge is 0.115 e. The van der Waals surface area contributed by atoms with Crippen LogP contribution in [0.15, 0.2) is 18.6 Å². The molecule has 0 radical (unpaired) electrons. The van der Waals surface area contributed by atoms with Gasteiger partial charge in [0.15, 0.2) is 0 Å². The molecule has 1 fully saturated rings. The van der Waals surface area contributed by atoms with E-state index in [0.717, 1.165) is 6.54 Å². The molecule has 0 N–H and O–H groups in total. The summed E-state index contributed by atoms with van der Waals surface area (Å²) < 4.78 is 0. The van der Waals surface area contributed by atoms with Crippen molar-refractivity contribution in [2.24, 2.45) is 0 Å². The monoisotopic (exact) mass is 205 g/mol. The fraction of sp³-hybridized carbons (Fsp3) is 0.667. The molecule has 0 aromatic carbocycles. The fourth-order valence-electron chi connectivity index (χ4n) is 2.26. The lowest BCUT2D eigenvalue weighted by molar-refractivity contribution is 0.166. The molecule has 0 saturated carbocycles. The molecule has 1 unspecified atom stereocenters. The Bertz CT molecular complexity index is 297. The summed E-state index contributed by atoms with van der Waals surface area (Å²) in [4.78, 5) is 10.9. The quantitative estimate of drug-likeness (QED) is 0.740. The van der Waals surface area contributed by atoms with E-state index in [4.69, 9.17) is 0 Å². The summed E-state index contributed by atoms with van der Waals surface area (Å²) in [6.07, 6.45) is 6.05. The predicted molar refractivity (Wildman–Crippen MR) is 60.7 cm³/mol. The lowest BCUT2D eigenvalue weighted by Gasteiger charge is -2.35. The zero-order chi connectivity index (χ0) is 10.7. The summed E-state index contributed by atoms with van der Waals surface area (Å²) in [6, 6.07) is 2.70. The normalized spacial score (nSPS) is 23.3. The Morgan fingerprint density at radius 3 is 3.00 bits per heavy atom. The van der Waals surface area contributed by atoms with Crippen LogP contribution in [0.1, 0.15) is 38.3 Å². The SMILES string of the molecule is CC(C)N1CCCC(c2ccncn2)C1. The maximum Gasteiger partial charge on any atom is 0.115 e. The lowest BCUT2D eigenvalue weighted by Crippen LogP contribution is -2.39. The second kappa shape index (κ2) is 4.71. The van der Waals surface area contributed by atoms with E-state index in [-0.39, 0.29) is 0 Å². The van der Waals surface area contributed by atoms with Gasteiger partial charge in [0.25, 0.3) is 0 Å². The maximum atomic E-state index is 4.36. The van der Waals surface area contributed by atoms with Crippen LogP contribution in [0, 0.1) is 0 Å². The van der Waals surface area contributed by atoms with E-state index < -0.39 is 0 Å². The lowest BCUT2D eigenvalue weighted by atomic mass is 9.94. The van der Waals surface area contributed by atoms with Gasteiger partial charge >= 0.3 is 0 Å². The highest BCUT2D eigenvalue weighted by molar-refractivity contribution is 5.07. The van der Waals surface area contributed by atoms with Gasteiger partial charge in [0.2, 0.25) is 0 Å². The highest BCUT2D eigenvalue weighted by Crippen LogP contribution is 2.25. The highest BCUT2D eigenvalue weighted by atomic mass is 15.2. The molecule has 1 aliphatic rings. The van der Waals surface area contributed by atoms with Crippen molar-refractivity contribution in [3.05, 3.63) is 24.3 Å². The molecule has 1 aliphatic heterocycles. The molecule has 3 heteroatoms. The Morgan fingerprint density at radius 1 is 1.47 bits per heavy atom. The van der Waals surface area contributed by atoms with E-state index in [9.17, 15) is 0 Å². The van der Waals surface area contributed by atoms with Crippen molar-refractivity contribution in [2.75, 3.05) is 13.1 Å². The molecule has 0 amide bonds. The zero-order valence-corrected chi connectivity index (χ0v) is 9.56. The van der Waals surface area contributed by atoms with Crippen molar-refractivity contribution >= 4 is 0 Å². The van der Waals surface area contributed by atoms with E-state index in [1.54, 1.807) is 6.33 Å². The molecule has 2 heterocycles.